The number of nitrogens with zero attached hydrogens (tertiary/aromatic N) is 2. The van der Waals surface area contributed by atoms with Gasteiger partial charge in [0.05, 0.1) is 16.9 Å². The molecule has 0 atom stereocenters. The molecular weight excluding hydrogens is 302 g/mol. The summed E-state index contributed by atoms with van der Waals surface area (Å²) in [7, 11) is 0. The predicted octanol–water partition coefficient (Wildman–Crippen LogP) is 4.40. The number of rotatable bonds is 4. The van der Waals surface area contributed by atoms with E-state index in [9.17, 15) is 0 Å². The summed E-state index contributed by atoms with van der Waals surface area (Å²) >= 11 is 7.80. The first-order valence-electron chi connectivity index (χ1n) is 6.50. The molecule has 106 valence electrons. The van der Waals surface area contributed by atoms with E-state index in [-0.39, 0.29) is 0 Å². The molecule has 3 rings (SSSR count). The minimum absolute atomic E-state index is 0.690. The van der Waals surface area contributed by atoms with Gasteiger partial charge in [-0.1, -0.05) is 35.9 Å². The van der Waals surface area contributed by atoms with E-state index in [4.69, 9.17) is 17.3 Å². The second kappa shape index (κ2) is 6.24. The van der Waals surface area contributed by atoms with Crippen LogP contribution in [0.2, 0.25) is 5.02 Å². The van der Waals surface area contributed by atoms with Gasteiger partial charge in [-0.3, -0.25) is 0 Å². The van der Waals surface area contributed by atoms with Crippen molar-refractivity contribution in [1.82, 2.24) is 9.78 Å². The van der Waals surface area contributed by atoms with Crippen molar-refractivity contribution in [1.29, 1.82) is 0 Å². The van der Waals surface area contributed by atoms with Crippen LogP contribution in [0.1, 0.15) is 5.56 Å². The number of anilines is 1. The van der Waals surface area contributed by atoms with E-state index in [2.05, 4.69) is 5.10 Å². The summed E-state index contributed by atoms with van der Waals surface area (Å²) in [6.07, 6.45) is 3.89. The number of hydrogen-bond acceptors (Lipinski definition) is 3. The van der Waals surface area contributed by atoms with Crippen molar-refractivity contribution in [2.24, 2.45) is 0 Å². The maximum absolute atomic E-state index is 6.18. The Morgan fingerprint density at radius 3 is 2.67 bits per heavy atom. The molecule has 2 aromatic carbocycles. The van der Waals surface area contributed by atoms with E-state index in [0.29, 0.717) is 10.7 Å². The Bertz CT molecular complexity index is 720. The number of thioether (sulfide) groups is 1. The van der Waals surface area contributed by atoms with Gasteiger partial charge in [0.25, 0.3) is 0 Å². The second-order valence-corrected chi connectivity index (χ2v) is 5.97. The summed E-state index contributed by atoms with van der Waals surface area (Å²) in [6.45, 7) is 0. The minimum Gasteiger partial charge on any atom is -0.398 e. The van der Waals surface area contributed by atoms with Gasteiger partial charge in [-0.05, 0) is 24.3 Å². The molecule has 2 N–H and O–H groups in total. The Hall–Kier alpha value is -1.91. The number of aromatic nitrogens is 2. The quantitative estimate of drug-likeness (QED) is 0.573. The summed E-state index contributed by atoms with van der Waals surface area (Å²) in [4.78, 5) is 0.923. The van der Waals surface area contributed by atoms with Crippen LogP contribution < -0.4 is 5.73 Å². The van der Waals surface area contributed by atoms with Crippen LogP contribution in [-0.4, -0.2) is 9.78 Å². The molecule has 0 aliphatic carbocycles. The van der Waals surface area contributed by atoms with Crippen molar-refractivity contribution < 1.29 is 0 Å². The van der Waals surface area contributed by atoms with Crippen LogP contribution in [0, 0.1) is 0 Å². The van der Waals surface area contributed by atoms with Gasteiger partial charge in [-0.25, -0.2) is 4.68 Å². The molecule has 0 amide bonds. The van der Waals surface area contributed by atoms with Crippen molar-refractivity contribution in [3.63, 3.8) is 0 Å². The lowest BCUT2D eigenvalue weighted by Crippen LogP contribution is -1.92. The number of benzene rings is 2. The number of para-hydroxylation sites is 1. The first-order chi connectivity index (χ1) is 10.2. The van der Waals surface area contributed by atoms with Crippen LogP contribution in [0.3, 0.4) is 0 Å². The molecule has 0 bridgehead atoms. The first-order valence-corrected chi connectivity index (χ1v) is 7.86. The fourth-order valence-electron chi connectivity index (χ4n) is 1.99. The van der Waals surface area contributed by atoms with Crippen LogP contribution in [0.4, 0.5) is 5.69 Å². The smallest absolute Gasteiger partial charge is 0.0645 e. The van der Waals surface area contributed by atoms with Gasteiger partial charge >= 0.3 is 0 Å². The fraction of sp³-hybridized carbons (Fsp3) is 0.0625. The number of halogens is 1. The van der Waals surface area contributed by atoms with Crippen LogP contribution in [0.25, 0.3) is 5.69 Å². The van der Waals surface area contributed by atoms with E-state index < -0.39 is 0 Å². The Labute approximate surface area is 132 Å². The van der Waals surface area contributed by atoms with Gasteiger partial charge in [0.15, 0.2) is 0 Å². The van der Waals surface area contributed by atoms with Crippen molar-refractivity contribution >= 4 is 29.1 Å². The van der Waals surface area contributed by atoms with Crippen molar-refractivity contribution in [2.75, 3.05) is 5.73 Å². The topological polar surface area (TPSA) is 43.8 Å². The molecule has 3 nitrogen and oxygen atoms in total. The van der Waals surface area contributed by atoms with Crippen LogP contribution in [-0.2, 0) is 5.75 Å². The second-order valence-electron chi connectivity index (χ2n) is 4.58. The molecule has 0 saturated carbocycles. The van der Waals surface area contributed by atoms with E-state index in [0.717, 1.165) is 21.9 Å². The fourth-order valence-corrected chi connectivity index (χ4v) is 3.24. The summed E-state index contributed by atoms with van der Waals surface area (Å²) in [5, 5.41) is 5.07. The Kier molecular flexibility index (Phi) is 4.18. The maximum atomic E-state index is 6.18. The standard InChI is InChI=1S/C16H14ClN3S/c17-14-7-4-8-15(18)16(14)21-11-12-9-19-20(10-12)13-5-2-1-3-6-13/h1-10H,11,18H2. The third kappa shape index (κ3) is 3.23. The predicted molar refractivity (Wildman–Crippen MR) is 89.0 cm³/mol. The lowest BCUT2D eigenvalue weighted by Gasteiger charge is -2.06. The molecule has 0 aliphatic heterocycles. The van der Waals surface area contributed by atoms with Crippen molar-refractivity contribution in [3.8, 4) is 5.69 Å². The minimum atomic E-state index is 0.690. The van der Waals surface area contributed by atoms with E-state index in [1.807, 2.05) is 65.6 Å². The molecule has 0 radical (unpaired) electrons. The molecule has 5 heteroatoms. The molecule has 0 fully saturated rings. The molecule has 21 heavy (non-hydrogen) atoms. The molecule has 0 saturated heterocycles. The lowest BCUT2D eigenvalue weighted by molar-refractivity contribution is 0.880. The molecule has 0 aliphatic rings. The first kappa shape index (κ1) is 14.0. The number of nitrogen functional groups attached to an aromatic ring is 1. The highest BCUT2D eigenvalue weighted by Crippen LogP contribution is 2.34. The van der Waals surface area contributed by atoms with E-state index in [1.165, 1.54) is 0 Å². The Balaban J connectivity index is 1.74. The average Bonchev–Trinajstić information content (AvgIpc) is 2.97. The van der Waals surface area contributed by atoms with Gasteiger partial charge in [-0.2, -0.15) is 5.10 Å². The van der Waals surface area contributed by atoms with Crippen molar-refractivity contribution in [2.45, 2.75) is 10.6 Å². The Morgan fingerprint density at radius 1 is 1.10 bits per heavy atom. The maximum Gasteiger partial charge on any atom is 0.0645 e. The van der Waals surface area contributed by atoms with Crippen LogP contribution >= 0.6 is 23.4 Å². The third-order valence-corrected chi connectivity index (χ3v) is 4.69. The van der Waals surface area contributed by atoms with E-state index in [1.54, 1.807) is 11.8 Å². The van der Waals surface area contributed by atoms with Crippen molar-refractivity contribution in [3.05, 3.63) is 71.5 Å². The highest BCUT2D eigenvalue weighted by molar-refractivity contribution is 7.98. The highest BCUT2D eigenvalue weighted by Gasteiger charge is 2.07. The normalized spacial score (nSPS) is 10.7. The monoisotopic (exact) mass is 315 g/mol. The van der Waals surface area contributed by atoms with Gasteiger partial charge in [0, 0.05) is 28.1 Å². The summed E-state index contributed by atoms with van der Waals surface area (Å²) < 4.78 is 1.87. The zero-order chi connectivity index (χ0) is 14.7. The summed E-state index contributed by atoms with van der Waals surface area (Å²) in [5.74, 6) is 0.779. The van der Waals surface area contributed by atoms with Gasteiger partial charge in [-0.15, -0.1) is 11.8 Å². The number of nitrogens with two attached hydrogens (primary N) is 1. The lowest BCUT2D eigenvalue weighted by atomic mass is 10.3. The zero-order valence-electron chi connectivity index (χ0n) is 11.2. The highest BCUT2D eigenvalue weighted by atomic mass is 35.5. The summed E-state index contributed by atoms with van der Waals surface area (Å²) in [6, 6.07) is 15.6. The van der Waals surface area contributed by atoms with Gasteiger partial charge in [0.2, 0.25) is 0 Å². The largest absolute Gasteiger partial charge is 0.398 e. The van der Waals surface area contributed by atoms with Gasteiger partial charge < -0.3 is 5.73 Å². The van der Waals surface area contributed by atoms with Gasteiger partial charge in [0.1, 0.15) is 0 Å². The molecule has 1 aromatic heterocycles. The van der Waals surface area contributed by atoms with E-state index >= 15 is 0 Å². The van der Waals surface area contributed by atoms with Crippen LogP contribution in [0.15, 0.2) is 65.8 Å². The molecule has 1 heterocycles. The molecule has 3 aromatic rings. The summed E-state index contributed by atoms with van der Waals surface area (Å²) in [5.41, 5.74) is 8.84. The number of hydrogen-bond donors (Lipinski definition) is 1. The molecule has 0 unspecified atom stereocenters. The van der Waals surface area contributed by atoms with Crippen LogP contribution in [0.5, 0.6) is 0 Å². The SMILES string of the molecule is Nc1cccc(Cl)c1SCc1cnn(-c2ccccc2)c1. The molecule has 0 spiro atoms. The zero-order valence-corrected chi connectivity index (χ0v) is 12.8. The Morgan fingerprint density at radius 2 is 1.90 bits per heavy atom. The molecular formula is C16H14ClN3S. The average molecular weight is 316 g/mol. The third-order valence-electron chi connectivity index (χ3n) is 3.04.